The first kappa shape index (κ1) is 17.9. The van der Waals surface area contributed by atoms with Gasteiger partial charge in [-0.25, -0.2) is 4.79 Å². The van der Waals surface area contributed by atoms with Crippen LogP contribution in [0.2, 0.25) is 10.0 Å². The predicted octanol–water partition coefficient (Wildman–Crippen LogP) is 5.81. The molecule has 0 N–H and O–H groups in total. The number of hydrogen-bond donors (Lipinski definition) is 0. The maximum Gasteiger partial charge on any atom is 0.330 e. The van der Waals surface area contributed by atoms with Gasteiger partial charge in [-0.05, 0) is 43.2 Å². The summed E-state index contributed by atoms with van der Waals surface area (Å²) in [7, 11) is 0. The summed E-state index contributed by atoms with van der Waals surface area (Å²) in [6.45, 7) is 2.16. The summed E-state index contributed by atoms with van der Waals surface area (Å²) >= 11 is 14.0. The first-order valence-electron chi connectivity index (χ1n) is 7.14. The molecule has 2 aromatic carbocycles. The highest BCUT2D eigenvalue weighted by Gasteiger charge is 2.06. The Morgan fingerprint density at radius 3 is 2.57 bits per heavy atom. The molecule has 0 radical (unpaired) electrons. The Morgan fingerprint density at radius 1 is 1.13 bits per heavy atom. The number of carbonyl (C=O) groups is 1. The molecule has 0 spiro atoms. The Hall–Kier alpha value is -1.42. The Labute approximate surface area is 150 Å². The first-order chi connectivity index (χ1) is 11.1. The second kappa shape index (κ2) is 9.02. The quantitative estimate of drug-likeness (QED) is 0.476. The maximum absolute atomic E-state index is 11.2. The molecule has 0 saturated carbocycles. The fourth-order valence-electron chi connectivity index (χ4n) is 1.88. The number of benzene rings is 2. The highest BCUT2D eigenvalue weighted by atomic mass is 35.5. The van der Waals surface area contributed by atoms with Crippen molar-refractivity contribution in [2.75, 3.05) is 6.61 Å². The van der Waals surface area contributed by atoms with Crippen LogP contribution in [-0.4, -0.2) is 12.6 Å². The van der Waals surface area contributed by atoms with Crippen molar-refractivity contribution in [3.05, 3.63) is 70.2 Å². The minimum Gasteiger partial charge on any atom is -0.463 e. The average molecular weight is 367 g/mol. The van der Waals surface area contributed by atoms with Crippen LogP contribution in [0.1, 0.15) is 12.5 Å². The van der Waals surface area contributed by atoms with Crippen molar-refractivity contribution in [2.45, 2.75) is 23.1 Å². The zero-order chi connectivity index (χ0) is 16.7. The van der Waals surface area contributed by atoms with Gasteiger partial charge in [0.15, 0.2) is 0 Å². The van der Waals surface area contributed by atoms with Gasteiger partial charge in [0.2, 0.25) is 0 Å². The van der Waals surface area contributed by atoms with Crippen molar-refractivity contribution in [1.82, 2.24) is 0 Å². The molecule has 0 aliphatic heterocycles. The second-order valence-corrected chi connectivity index (χ2v) is 6.55. The van der Waals surface area contributed by atoms with Gasteiger partial charge in [0, 0.05) is 15.9 Å². The largest absolute Gasteiger partial charge is 0.463 e. The topological polar surface area (TPSA) is 26.3 Å². The van der Waals surface area contributed by atoms with Crippen molar-refractivity contribution in [2.24, 2.45) is 0 Å². The first-order valence-corrected chi connectivity index (χ1v) is 8.71. The van der Waals surface area contributed by atoms with Crippen LogP contribution in [0.15, 0.2) is 64.4 Å². The molecular formula is C18H16Cl2O2S. The zero-order valence-corrected chi connectivity index (χ0v) is 14.9. The lowest BCUT2D eigenvalue weighted by Crippen LogP contribution is -1.99. The van der Waals surface area contributed by atoms with E-state index in [1.54, 1.807) is 13.0 Å². The van der Waals surface area contributed by atoms with Crippen LogP contribution in [0.25, 0.3) is 0 Å². The molecule has 0 unspecified atom stereocenters. The van der Waals surface area contributed by atoms with E-state index in [1.165, 1.54) is 17.8 Å². The van der Waals surface area contributed by atoms with Crippen LogP contribution in [-0.2, 0) is 16.0 Å². The Kier molecular flexibility index (Phi) is 7.03. The van der Waals surface area contributed by atoms with E-state index in [0.717, 1.165) is 15.4 Å². The van der Waals surface area contributed by atoms with Gasteiger partial charge < -0.3 is 4.74 Å². The van der Waals surface area contributed by atoms with Crippen molar-refractivity contribution < 1.29 is 9.53 Å². The molecule has 0 heterocycles. The number of esters is 1. The van der Waals surface area contributed by atoms with Crippen molar-refractivity contribution >= 4 is 40.9 Å². The van der Waals surface area contributed by atoms with Crippen LogP contribution < -0.4 is 0 Å². The third-order valence-corrected chi connectivity index (χ3v) is 4.97. The SMILES string of the molecule is CCOC(=O)C=CCc1ccc(Sc2ccccc2Cl)c(Cl)c1. The van der Waals surface area contributed by atoms with E-state index in [0.29, 0.717) is 23.1 Å². The van der Waals surface area contributed by atoms with Crippen LogP contribution in [0.5, 0.6) is 0 Å². The Balaban J connectivity index is 2.03. The summed E-state index contributed by atoms with van der Waals surface area (Å²) in [6.07, 6.45) is 3.82. The molecule has 0 fully saturated rings. The normalized spacial score (nSPS) is 10.9. The lowest BCUT2D eigenvalue weighted by Gasteiger charge is -2.07. The van der Waals surface area contributed by atoms with Gasteiger partial charge in [0.25, 0.3) is 0 Å². The Bertz CT molecular complexity index is 714. The number of rotatable bonds is 6. The standard InChI is InChI=1S/C18H16Cl2O2S/c1-2-22-18(21)9-5-6-13-10-11-17(15(20)12-13)23-16-8-4-3-7-14(16)19/h3-5,7-12H,2,6H2,1H3. The molecule has 5 heteroatoms. The van der Waals surface area contributed by atoms with E-state index in [2.05, 4.69) is 0 Å². The van der Waals surface area contributed by atoms with Crippen molar-refractivity contribution in [3.63, 3.8) is 0 Å². The van der Waals surface area contributed by atoms with E-state index >= 15 is 0 Å². The molecule has 0 aliphatic rings. The molecule has 2 aromatic rings. The molecule has 0 bridgehead atoms. The molecule has 2 rings (SSSR count). The minimum absolute atomic E-state index is 0.329. The number of hydrogen-bond acceptors (Lipinski definition) is 3. The summed E-state index contributed by atoms with van der Waals surface area (Å²) in [5.74, 6) is -0.329. The van der Waals surface area contributed by atoms with E-state index in [-0.39, 0.29) is 5.97 Å². The van der Waals surface area contributed by atoms with E-state index in [1.807, 2.05) is 42.5 Å². The molecule has 23 heavy (non-hydrogen) atoms. The van der Waals surface area contributed by atoms with E-state index < -0.39 is 0 Å². The molecule has 0 aliphatic carbocycles. The molecule has 0 aromatic heterocycles. The van der Waals surface area contributed by atoms with Crippen LogP contribution in [0.4, 0.5) is 0 Å². The third kappa shape index (κ3) is 5.61. The molecule has 2 nitrogen and oxygen atoms in total. The van der Waals surface area contributed by atoms with Gasteiger partial charge in [0.1, 0.15) is 0 Å². The van der Waals surface area contributed by atoms with E-state index in [9.17, 15) is 4.79 Å². The summed E-state index contributed by atoms with van der Waals surface area (Å²) < 4.78 is 4.83. The van der Waals surface area contributed by atoms with Gasteiger partial charge in [0.05, 0.1) is 16.7 Å². The van der Waals surface area contributed by atoms with Gasteiger partial charge in [-0.3, -0.25) is 0 Å². The molecule has 0 atom stereocenters. The number of allylic oxidation sites excluding steroid dienone is 1. The summed E-state index contributed by atoms with van der Waals surface area (Å²) in [5, 5.41) is 1.37. The summed E-state index contributed by atoms with van der Waals surface area (Å²) in [4.78, 5) is 13.1. The van der Waals surface area contributed by atoms with Gasteiger partial charge in [-0.2, -0.15) is 0 Å². The third-order valence-electron chi connectivity index (χ3n) is 2.95. The highest BCUT2D eigenvalue weighted by molar-refractivity contribution is 7.99. The fraction of sp³-hybridized carbons (Fsp3) is 0.167. The number of halogens is 2. The second-order valence-electron chi connectivity index (χ2n) is 4.66. The average Bonchev–Trinajstić information content (AvgIpc) is 2.52. The predicted molar refractivity (Wildman–Crippen MR) is 96.5 cm³/mol. The van der Waals surface area contributed by atoms with Gasteiger partial charge in [-0.15, -0.1) is 0 Å². The van der Waals surface area contributed by atoms with Crippen LogP contribution in [0, 0.1) is 0 Å². The lowest BCUT2D eigenvalue weighted by molar-refractivity contribution is -0.137. The molecule has 120 valence electrons. The molecule has 0 saturated heterocycles. The number of carbonyl (C=O) groups excluding carboxylic acids is 1. The van der Waals surface area contributed by atoms with Crippen LogP contribution in [0.3, 0.4) is 0 Å². The molecular weight excluding hydrogens is 351 g/mol. The zero-order valence-electron chi connectivity index (χ0n) is 12.6. The smallest absolute Gasteiger partial charge is 0.330 e. The maximum atomic E-state index is 11.2. The molecule has 0 amide bonds. The Morgan fingerprint density at radius 2 is 1.87 bits per heavy atom. The fourth-order valence-corrected chi connectivity index (χ4v) is 3.29. The minimum atomic E-state index is -0.329. The monoisotopic (exact) mass is 366 g/mol. The number of ether oxygens (including phenoxy) is 1. The van der Waals surface area contributed by atoms with Crippen LogP contribution >= 0.6 is 35.0 Å². The van der Waals surface area contributed by atoms with Gasteiger partial charge >= 0.3 is 5.97 Å². The van der Waals surface area contributed by atoms with Gasteiger partial charge in [-0.1, -0.05) is 59.2 Å². The van der Waals surface area contributed by atoms with Crippen molar-refractivity contribution in [1.29, 1.82) is 0 Å². The lowest BCUT2D eigenvalue weighted by atomic mass is 10.1. The van der Waals surface area contributed by atoms with Crippen molar-refractivity contribution in [3.8, 4) is 0 Å². The highest BCUT2D eigenvalue weighted by Crippen LogP contribution is 2.37. The summed E-state index contributed by atoms with van der Waals surface area (Å²) in [6, 6.07) is 13.5. The van der Waals surface area contributed by atoms with E-state index in [4.69, 9.17) is 27.9 Å². The summed E-state index contributed by atoms with van der Waals surface area (Å²) in [5.41, 5.74) is 1.03.